The highest BCUT2D eigenvalue weighted by Gasteiger charge is 2.31. The molecule has 0 aliphatic carbocycles. The van der Waals surface area contributed by atoms with E-state index in [2.05, 4.69) is 47.8 Å². The fourth-order valence-electron chi connectivity index (χ4n) is 1.65. The Bertz CT molecular complexity index is 479. The lowest BCUT2D eigenvalue weighted by atomic mass is 9.82. The topological polar surface area (TPSA) is 34.1 Å². The third-order valence-corrected chi connectivity index (χ3v) is 6.54. The average Bonchev–Trinajstić information content (AvgIpc) is 2.32. The predicted octanol–water partition coefficient (Wildman–Crippen LogP) is 3.91. The highest BCUT2D eigenvalue weighted by Crippen LogP contribution is 2.33. The van der Waals surface area contributed by atoms with Gasteiger partial charge in [0.1, 0.15) is 9.84 Å². The zero-order chi connectivity index (χ0) is 13.8. The van der Waals surface area contributed by atoms with E-state index >= 15 is 0 Å². The van der Waals surface area contributed by atoms with Crippen molar-refractivity contribution in [2.24, 2.45) is 0 Å². The quantitative estimate of drug-likeness (QED) is 0.600. The monoisotopic (exact) mass is 460 g/mol. The lowest BCUT2D eigenvalue weighted by Crippen LogP contribution is -2.32. The largest absolute Gasteiger partial charge is 0.229 e. The van der Waals surface area contributed by atoms with Crippen molar-refractivity contribution in [3.8, 4) is 0 Å². The normalized spacial score (nSPS) is 12.7. The Morgan fingerprint density at radius 3 is 2.00 bits per heavy atom. The van der Waals surface area contributed by atoms with Crippen molar-refractivity contribution >= 4 is 57.6 Å². The Balaban J connectivity index is 3.02. The first-order valence-electron chi connectivity index (χ1n) is 5.39. The van der Waals surface area contributed by atoms with Crippen LogP contribution < -0.4 is 0 Å². The maximum Gasteiger partial charge on any atom is 0.147 e. The van der Waals surface area contributed by atoms with E-state index in [1.165, 1.54) is 6.26 Å². The van der Waals surface area contributed by atoms with Gasteiger partial charge in [-0.05, 0) is 24.1 Å². The smallest absolute Gasteiger partial charge is 0.147 e. The molecule has 0 aromatic heterocycles. The number of benzene rings is 1. The van der Waals surface area contributed by atoms with Crippen LogP contribution in [0.4, 0.5) is 0 Å². The lowest BCUT2D eigenvalue weighted by Gasteiger charge is -2.30. The molecule has 0 N–H and O–H groups in total. The lowest BCUT2D eigenvalue weighted by molar-refractivity contribution is 0.524. The Labute approximate surface area is 134 Å². The van der Waals surface area contributed by atoms with Gasteiger partial charge < -0.3 is 0 Å². The van der Waals surface area contributed by atoms with Crippen LogP contribution in [0.15, 0.2) is 28.7 Å². The maximum absolute atomic E-state index is 11.4. The van der Waals surface area contributed by atoms with Crippen molar-refractivity contribution in [3.05, 3.63) is 34.3 Å². The Kier molecular flexibility index (Phi) is 6.35. The highest BCUT2D eigenvalue weighted by atomic mass is 79.9. The van der Waals surface area contributed by atoms with Crippen molar-refractivity contribution in [1.82, 2.24) is 0 Å². The van der Waals surface area contributed by atoms with E-state index in [0.717, 1.165) is 20.7 Å². The summed E-state index contributed by atoms with van der Waals surface area (Å²) in [7, 11) is -2.94. The van der Waals surface area contributed by atoms with Gasteiger partial charge >= 0.3 is 0 Å². The van der Waals surface area contributed by atoms with Gasteiger partial charge in [0.15, 0.2) is 0 Å². The third kappa shape index (κ3) is 4.62. The molecule has 0 bridgehead atoms. The van der Waals surface area contributed by atoms with Crippen molar-refractivity contribution in [1.29, 1.82) is 0 Å². The molecule has 0 amide bonds. The molecule has 0 fully saturated rings. The van der Waals surface area contributed by atoms with Crippen LogP contribution >= 0.6 is 47.8 Å². The van der Waals surface area contributed by atoms with Gasteiger partial charge in [-0.2, -0.15) is 0 Å². The molecular formula is C12H15Br3O2S. The fourth-order valence-corrected chi connectivity index (χ4v) is 4.81. The molecule has 1 aromatic rings. The van der Waals surface area contributed by atoms with Crippen molar-refractivity contribution in [2.45, 2.75) is 11.8 Å². The number of hydrogen-bond donors (Lipinski definition) is 0. The highest BCUT2D eigenvalue weighted by molar-refractivity contribution is 9.10. The molecule has 102 valence electrons. The van der Waals surface area contributed by atoms with Crippen LogP contribution in [0.5, 0.6) is 0 Å². The molecular weight excluding hydrogens is 448 g/mol. The van der Waals surface area contributed by atoms with E-state index < -0.39 is 9.84 Å². The average molecular weight is 463 g/mol. The van der Waals surface area contributed by atoms with Gasteiger partial charge in [-0.1, -0.05) is 59.9 Å². The van der Waals surface area contributed by atoms with E-state index in [1.807, 2.05) is 24.3 Å². The van der Waals surface area contributed by atoms with Crippen LogP contribution in [0.1, 0.15) is 12.0 Å². The Morgan fingerprint density at radius 1 is 1.11 bits per heavy atom. The van der Waals surface area contributed by atoms with Crippen LogP contribution in [0.25, 0.3) is 0 Å². The minimum Gasteiger partial charge on any atom is -0.229 e. The number of alkyl halides is 2. The van der Waals surface area contributed by atoms with Gasteiger partial charge in [-0.15, -0.1) is 0 Å². The van der Waals surface area contributed by atoms with E-state index in [4.69, 9.17) is 0 Å². The molecule has 0 radical (unpaired) electrons. The molecule has 0 aliphatic heterocycles. The summed E-state index contributed by atoms with van der Waals surface area (Å²) in [6.07, 6.45) is 1.88. The number of rotatable bonds is 6. The van der Waals surface area contributed by atoms with Crippen molar-refractivity contribution in [3.63, 3.8) is 0 Å². The van der Waals surface area contributed by atoms with E-state index in [1.54, 1.807) is 0 Å². The first-order valence-corrected chi connectivity index (χ1v) is 10.5. The molecule has 0 saturated carbocycles. The zero-order valence-electron chi connectivity index (χ0n) is 10.00. The van der Waals surface area contributed by atoms with Gasteiger partial charge in [-0.3, -0.25) is 0 Å². The van der Waals surface area contributed by atoms with Crippen LogP contribution in [0.2, 0.25) is 0 Å². The number of hydrogen-bond acceptors (Lipinski definition) is 2. The first-order chi connectivity index (χ1) is 8.33. The molecule has 2 nitrogen and oxygen atoms in total. The summed E-state index contributed by atoms with van der Waals surface area (Å²) in [6.45, 7) is 0. The van der Waals surface area contributed by atoms with Gasteiger partial charge in [0.05, 0.1) is 5.75 Å². The minimum absolute atomic E-state index is 0.191. The summed E-state index contributed by atoms with van der Waals surface area (Å²) in [6, 6.07) is 8.04. The molecule has 0 saturated heterocycles. The summed E-state index contributed by atoms with van der Waals surface area (Å²) in [4.78, 5) is 0. The molecule has 0 heterocycles. The number of halogens is 3. The summed E-state index contributed by atoms with van der Waals surface area (Å²) in [5, 5.41) is 1.45. The molecule has 1 rings (SSSR count). The second kappa shape index (κ2) is 6.86. The van der Waals surface area contributed by atoms with Gasteiger partial charge in [0.2, 0.25) is 0 Å². The fraction of sp³-hybridized carbons (Fsp3) is 0.500. The van der Waals surface area contributed by atoms with Crippen LogP contribution in [0, 0.1) is 0 Å². The molecule has 0 spiro atoms. The van der Waals surface area contributed by atoms with Gasteiger partial charge in [-0.25, -0.2) is 8.42 Å². The standard InChI is InChI=1S/C12H15Br3O2S/c1-18(16,17)7-6-12(8-13,9-14)10-2-4-11(15)5-3-10/h2-5H,6-9H2,1H3. The van der Waals surface area contributed by atoms with Crippen molar-refractivity contribution < 1.29 is 8.42 Å². The van der Waals surface area contributed by atoms with Crippen LogP contribution in [0.3, 0.4) is 0 Å². The van der Waals surface area contributed by atoms with Gasteiger partial charge in [0, 0.05) is 26.8 Å². The predicted molar refractivity (Wildman–Crippen MR) is 87.7 cm³/mol. The Hall–Kier alpha value is 0.610. The van der Waals surface area contributed by atoms with E-state index in [0.29, 0.717) is 6.42 Å². The number of sulfone groups is 1. The van der Waals surface area contributed by atoms with E-state index in [-0.39, 0.29) is 11.2 Å². The van der Waals surface area contributed by atoms with E-state index in [9.17, 15) is 8.42 Å². The SMILES string of the molecule is CS(=O)(=O)CCC(CBr)(CBr)c1ccc(Br)cc1. The maximum atomic E-state index is 11.4. The van der Waals surface area contributed by atoms with Crippen LogP contribution in [-0.4, -0.2) is 31.1 Å². The Morgan fingerprint density at radius 2 is 1.61 bits per heavy atom. The second-order valence-electron chi connectivity index (χ2n) is 4.43. The minimum atomic E-state index is -2.94. The first kappa shape index (κ1) is 16.7. The summed E-state index contributed by atoms with van der Waals surface area (Å²) < 4.78 is 23.7. The molecule has 0 aliphatic rings. The molecule has 1 aromatic carbocycles. The molecule has 0 unspecified atom stereocenters. The summed E-state index contributed by atoms with van der Waals surface area (Å²) in [5.41, 5.74) is 0.951. The second-order valence-corrected chi connectivity index (χ2v) is 8.73. The third-order valence-electron chi connectivity index (χ3n) is 2.92. The molecule has 18 heavy (non-hydrogen) atoms. The van der Waals surface area contributed by atoms with Crippen molar-refractivity contribution in [2.75, 3.05) is 22.7 Å². The summed E-state index contributed by atoms with van der Waals surface area (Å²) in [5.74, 6) is 0.195. The molecule has 6 heteroatoms. The zero-order valence-corrected chi connectivity index (χ0v) is 15.6. The van der Waals surface area contributed by atoms with Gasteiger partial charge in [0.25, 0.3) is 0 Å². The summed E-state index contributed by atoms with van der Waals surface area (Å²) >= 11 is 10.4. The van der Waals surface area contributed by atoms with Crippen LogP contribution in [-0.2, 0) is 15.3 Å². The molecule has 0 atom stereocenters.